The van der Waals surface area contributed by atoms with Gasteiger partial charge in [0.25, 0.3) is 0 Å². The van der Waals surface area contributed by atoms with E-state index in [1.54, 1.807) is 0 Å². The van der Waals surface area contributed by atoms with E-state index in [0.717, 1.165) is 19.3 Å². The second-order valence-corrected chi connectivity index (χ2v) is 9.56. The van der Waals surface area contributed by atoms with Crippen molar-refractivity contribution in [3.8, 4) is 0 Å². The highest BCUT2D eigenvalue weighted by molar-refractivity contribution is 8.55. The van der Waals surface area contributed by atoms with Crippen molar-refractivity contribution in [1.82, 2.24) is 0 Å². The topological polar surface area (TPSA) is 104 Å². The molecule has 0 aromatic rings. The lowest BCUT2D eigenvalue weighted by Gasteiger charge is -2.21. The highest BCUT2D eigenvalue weighted by atomic mass is 32.7. The second-order valence-electron chi connectivity index (χ2n) is 4.17. The first-order valence-electron chi connectivity index (χ1n) is 5.53. The average Bonchev–Trinajstić information content (AvgIpc) is 2.15. The third kappa shape index (κ3) is 7.62. The summed E-state index contributed by atoms with van der Waals surface area (Å²) in [6.07, 6.45) is 6.71. The quantitative estimate of drug-likeness (QED) is 0.648. The molecule has 1 unspecified atom stereocenters. The van der Waals surface area contributed by atoms with Crippen molar-refractivity contribution in [2.24, 2.45) is 5.92 Å². The van der Waals surface area contributed by atoms with Crippen LogP contribution < -0.4 is 0 Å². The molecule has 102 valence electrons. The second kappa shape index (κ2) is 6.71. The number of rotatable bonds is 6. The fourth-order valence-corrected chi connectivity index (χ4v) is 6.12. The van der Waals surface area contributed by atoms with Crippen LogP contribution in [0, 0.1) is 5.92 Å². The highest BCUT2D eigenvalue weighted by Gasteiger charge is 2.31. The summed E-state index contributed by atoms with van der Waals surface area (Å²) in [6.45, 7) is -4.23. The SMILES string of the molecule is O=P(O)(O)OP(=O)(O)SCCC1CCCCC1. The highest BCUT2D eigenvalue weighted by Crippen LogP contribution is 2.65. The molecule has 1 atom stereocenters. The van der Waals surface area contributed by atoms with E-state index in [9.17, 15) is 14.0 Å². The maximum atomic E-state index is 11.3. The molecule has 1 saturated carbocycles. The summed E-state index contributed by atoms with van der Waals surface area (Å²) in [5, 5.41) is 0. The van der Waals surface area contributed by atoms with Crippen LogP contribution in [0.15, 0.2) is 0 Å². The van der Waals surface area contributed by atoms with Crippen LogP contribution in [0.25, 0.3) is 0 Å². The predicted octanol–water partition coefficient (Wildman–Crippen LogP) is 2.90. The van der Waals surface area contributed by atoms with Crippen molar-refractivity contribution in [3.05, 3.63) is 0 Å². The first-order chi connectivity index (χ1) is 7.79. The van der Waals surface area contributed by atoms with Gasteiger partial charge in [0.2, 0.25) is 0 Å². The van der Waals surface area contributed by atoms with Crippen LogP contribution in [0.4, 0.5) is 0 Å². The number of phosphoric acid groups is 1. The summed E-state index contributed by atoms with van der Waals surface area (Å²) in [6, 6.07) is 0. The molecule has 0 radical (unpaired) electrons. The largest absolute Gasteiger partial charge is 0.477 e. The lowest BCUT2D eigenvalue weighted by atomic mass is 9.88. The van der Waals surface area contributed by atoms with E-state index < -0.39 is 14.6 Å². The van der Waals surface area contributed by atoms with Crippen molar-refractivity contribution >= 4 is 26.0 Å². The van der Waals surface area contributed by atoms with Gasteiger partial charge in [0.15, 0.2) is 0 Å². The van der Waals surface area contributed by atoms with E-state index in [1.807, 2.05) is 0 Å². The van der Waals surface area contributed by atoms with Crippen LogP contribution >= 0.6 is 26.0 Å². The van der Waals surface area contributed by atoms with Gasteiger partial charge >= 0.3 is 14.6 Å². The number of hydrogen-bond acceptors (Lipinski definition) is 4. The number of hydrogen-bond donors (Lipinski definition) is 3. The van der Waals surface area contributed by atoms with Crippen molar-refractivity contribution in [2.75, 3.05) is 5.75 Å². The molecule has 9 heteroatoms. The van der Waals surface area contributed by atoms with Crippen LogP contribution in [0.1, 0.15) is 38.5 Å². The Bertz CT molecular complexity index is 324. The predicted molar refractivity (Wildman–Crippen MR) is 66.6 cm³/mol. The van der Waals surface area contributed by atoms with Crippen LogP contribution in [-0.4, -0.2) is 20.4 Å². The van der Waals surface area contributed by atoms with Gasteiger partial charge in [0.05, 0.1) is 0 Å². The summed E-state index contributed by atoms with van der Waals surface area (Å²) < 4.78 is 25.6. The molecule has 17 heavy (non-hydrogen) atoms. The summed E-state index contributed by atoms with van der Waals surface area (Å²) in [4.78, 5) is 26.1. The molecule has 1 aliphatic rings. The minimum absolute atomic E-state index is 0.387. The Morgan fingerprint density at radius 3 is 2.24 bits per heavy atom. The molecule has 0 heterocycles. The standard InChI is InChI=1S/C8H18O6P2S/c9-15(10,11)14-16(12,13)17-7-6-8-4-2-1-3-5-8/h8H,1-7H2,(H,12,13)(H2,9,10,11). The molecular formula is C8H18O6P2S. The molecule has 1 rings (SSSR count). The molecular weight excluding hydrogens is 286 g/mol. The Morgan fingerprint density at radius 1 is 1.12 bits per heavy atom. The lowest BCUT2D eigenvalue weighted by Crippen LogP contribution is -2.06. The smallest absolute Gasteiger partial charge is 0.316 e. The van der Waals surface area contributed by atoms with Crippen molar-refractivity contribution in [3.63, 3.8) is 0 Å². The Hall–Kier alpha value is 0.650. The van der Waals surface area contributed by atoms with Crippen LogP contribution in [-0.2, 0) is 13.4 Å². The monoisotopic (exact) mass is 304 g/mol. The van der Waals surface area contributed by atoms with E-state index in [4.69, 9.17) is 9.79 Å². The molecule has 0 aromatic carbocycles. The molecule has 0 bridgehead atoms. The maximum absolute atomic E-state index is 11.3. The summed E-state index contributed by atoms with van der Waals surface area (Å²) in [7, 11) is -4.89. The molecule has 0 spiro atoms. The van der Waals surface area contributed by atoms with Crippen LogP contribution in [0.2, 0.25) is 0 Å². The summed E-state index contributed by atoms with van der Waals surface area (Å²) in [5.41, 5.74) is 0. The Kier molecular flexibility index (Phi) is 6.20. The van der Waals surface area contributed by atoms with Gasteiger partial charge < -0.3 is 14.7 Å². The molecule has 0 saturated heterocycles. The molecule has 0 amide bonds. The summed E-state index contributed by atoms with van der Waals surface area (Å²) in [5.74, 6) is 0.949. The Labute approximate surface area is 105 Å². The third-order valence-corrected chi connectivity index (χ3v) is 7.26. The van der Waals surface area contributed by atoms with Gasteiger partial charge in [-0.15, -0.1) is 0 Å². The zero-order chi connectivity index (χ0) is 12.9. The molecule has 0 aromatic heterocycles. The fourth-order valence-electron chi connectivity index (χ4n) is 1.97. The summed E-state index contributed by atoms with van der Waals surface area (Å²) >= 11 is 0.596. The Morgan fingerprint density at radius 2 is 1.71 bits per heavy atom. The molecule has 0 aliphatic heterocycles. The van der Waals surface area contributed by atoms with Crippen molar-refractivity contribution in [1.29, 1.82) is 0 Å². The van der Waals surface area contributed by atoms with Crippen LogP contribution in [0.5, 0.6) is 0 Å². The fraction of sp³-hybridized carbons (Fsp3) is 1.00. The zero-order valence-electron chi connectivity index (χ0n) is 9.40. The minimum atomic E-state index is -4.89. The van der Waals surface area contributed by atoms with E-state index in [0.29, 0.717) is 23.1 Å². The first-order valence-corrected chi connectivity index (χ1v) is 10.2. The van der Waals surface area contributed by atoms with E-state index in [1.165, 1.54) is 19.3 Å². The minimum Gasteiger partial charge on any atom is -0.316 e. The van der Waals surface area contributed by atoms with Gasteiger partial charge in [-0.3, -0.25) is 0 Å². The zero-order valence-corrected chi connectivity index (χ0v) is 12.0. The Balaban J connectivity index is 2.24. The lowest BCUT2D eigenvalue weighted by molar-refractivity contribution is 0.270. The third-order valence-electron chi connectivity index (χ3n) is 2.71. The van der Waals surface area contributed by atoms with Gasteiger partial charge in [-0.1, -0.05) is 32.1 Å². The molecule has 1 aliphatic carbocycles. The van der Waals surface area contributed by atoms with Gasteiger partial charge in [-0.25, -0.2) is 9.13 Å². The maximum Gasteiger partial charge on any atom is 0.477 e. The van der Waals surface area contributed by atoms with Crippen molar-refractivity contribution in [2.45, 2.75) is 38.5 Å². The molecule has 1 fully saturated rings. The van der Waals surface area contributed by atoms with Crippen molar-refractivity contribution < 1.29 is 28.1 Å². The van der Waals surface area contributed by atoms with E-state index in [-0.39, 0.29) is 0 Å². The van der Waals surface area contributed by atoms with Gasteiger partial charge in [0, 0.05) is 5.75 Å². The average molecular weight is 304 g/mol. The first kappa shape index (κ1) is 15.7. The van der Waals surface area contributed by atoms with Gasteiger partial charge in [-0.05, 0) is 23.7 Å². The van der Waals surface area contributed by atoms with Gasteiger partial charge in [-0.2, -0.15) is 4.31 Å². The molecule has 3 N–H and O–H groups in total. The molecule has 6 nitrogen and oxygen atoms in total. The van der Waals surface area contributed by atoms with Gasteiger partial charge in [0.1, 0.15) is 0 Å². The van der Waals surface area contributed by atoms with E-state index in [2.05, 4.69) is 4.31 Å². The van der Waals surface area contributed by atoms with E-state index >= 15 is 0 Å². The normalized spacial score (nSPS) is 22.3. The van der Waals surface area contributed by atoms with Crippen LogP contribution in [0.3, 0.4) is 0 Å².